The molecule has 2 fully saturated rings. The van der Waals surface area contributed by atoms with Gasteiger partial charge < -0.3 is 13.6 Å². The summed E-state index contributed by atoms with van der Waals surface area (Å²) < 4.78 is 18.3. The lowest BCUT2D eigenvalue weighted by molar-refractivity contribution is 0.298. The molecule has 0 bridgehead atoms. The summed E-state index contributed by atoms with van der Waals surface area (Å²) in [6.45, 7) is 26.1. The Morgan fingerprint density at radius 3 is 1.28 bits per heavy atom. The maximum absolute atomic E-state index is 7.20. The zero-order valence-electron chi connectivity index (χ0n) is 21.3. The van der Waals surface area contributed by atoms with Crippen molar-refractivity contribution in [1.29, 1.82) is 0 Å². The molecule has 0 aromatic heterocycles. The zero-order valence-corrected chi connectivity index (χ0v) is 23.3. The predicted molar refractivity (Wildman–Crippen MR) is 130 cm³/mol. The van der Waals surface area contributed by atoms with Crippen LogP contribution in [0, 0.1) is 0 Å². The average Bonchev–Trinajstić information content (AvgIpc) is 3.47. The molecule has 0 aromatic rings. The maximum Gasteiger partial charge on any atom is 0.179 e. The molecule has 2 unspecified atom stereocenters. The molecule has 2 atom stereocenters. The van der Waals surface area contributed by atoms with Crippen molar-refractivity contribution in [3.8, 4) is 0 Å². The molecule has 3 nitrogen and oxygen atoms in total. The van der Waals surface area contributed by atoms with Crippen molar-refractivity contribution in [2.45, 2.75) is 140 Å². The molecule has 2 heterocycles. The van der Waals surface area contributed by atoms with Gasteiger partial charge in [-0.25, -0.2) is 0 Å². The van der Waals surface area contributed by atoms with Crippen LogP contribution in [0.4, 0.5) is 0 Å². The number of ether oxygens (including phenoxy) is 2. The molecule has 0 radical (unpaired) electrons. The van der Waals surface area contributed by atoms with Gasteiger partial charge in [-0.2, -0.15) is 0 Å². The van der Waals surface area contributed by atoms with Crippen LogP contribution in [-0.2, 0) is 13.6 Å². The summed E-state index contributed by atoms with van der Waals surface area (Å²) in [5, 5.41) is 0.604. The van der Waals surface area contributed by atoms with E-state index in [2.05, 4.69) is 67.7 Å². The molecule has 29 heavy (non-hydrogen) atoms. The smallest absolute Gasteiger partial charge is 0.179 e. The highest BCUT2D eigenvalue weighted by molar-refractivity contribution is 6.87. The first-order valence-electron chi connectivity index (χ1n) is 12.0. The molecule has 5 heteroatoms. The van der Waals surface area contributed by atoms with Gasteiger partial charge in [-0.1, -0.05) is 53.4 Å². The fourth-order valence-electron chi connectivity index (χ4n) is 4.18. The standard InChI is InChI=1S/C24H50O3Si2/c1-21(2,15-11-13-17-23(5)19-25-23)28(7,8)27-29(9,10)22(3,4)16-12-14-18-24(6)20-26-24/h11-20H2,1-10H3. The van der Waals surface area contributed by atoms with E-state index in [-0.39, 0.29) is 11.2 Å². The van der Waals surface area contributed by atoms with Gasteiger partial charge in [0.2, 0.25) is 0 Å². The first kappa shape index (κ1) is 25.6. The molecule has 0 saturated carbocycles. The Morgan fingerprint density at radius 2 is 1.00 bits per heavy atom. The summed E-state index contributed by atoms with van der Waals surface area (Å²) in [5.41, 5.74) is 0.408. The van der Waals surface area contributed by atoms with Crippen molar-refractivity contribution in [3.63, 3.8) is 0 Å². The number of unbranched alkanes of at least 4 members (excludes halogenated alkanes) is 2. The highest BCUT2D eigenvalue weighted by Gasteiger charge is 2.49. The fraction of sp³-hybridized carbons (Fsp3) is 1.00. The van der Waals surface area contributed by atoms with Crippen LogP contribution in [0.15, 0.2) is 0 Å². The third kappa shape index (κ3) is 7.16. The summed E-state index contributed by atoms with van der Waals surface area (Å²) in [6.07, 6.45) is 10.1. The molecular formula is C24H50O3Si2. The highest BCUT2D eigenvalue weighted by Crippen LogP contribution is 2.50. The van der Waals surface area contributed by atoms with Crippen LogP contribution in [-0.4, -0.2) is 41.1 Å². The molecule has 172 valence electrons. The maximum atomic E-state index is 7.20. The van der Waals surface area contributed by atoms with E-state index < -0.39 is 16.6 Å². The van der Waals surface area contributed by atoms with Gasteiger partial charge in [-0.15, -0.1) is 0 Å². The minimum atomic E-state index is -1.81. The number of epoxide rings is 2. The van der Waals surface area contributed by atoms with Crippen molar-refractivity contribution in [2.24, 2.45) is 0 Å². The second-order valence-corrected chi connectivity index (χ2v) is 22.3. The summed E-state index contributed by atoms with van der Waals surface area (Å²) in [5.74, 6) is 0. The topological polar surface area (TPSA) is 34.3 Å². The fourth-order valence-corrected chi connectivity index (χ4v) is 13.1. The SMILES string of the molecule is CC1(CCCCC(C)(C)[Si](C)(C)O[Si](C)(C)C(C)(C)CCCCC2(C)CO2)CO1. The molecule has 0 aromatic carbocycles. The van der Waals surface area contributed by atoms with Gasteiger partial charge in [-0.05, 0) is 75.8 Å². The Hall–Kier alpha value is 0.314. The first-order valence-corrected chi connectivity index (χ1v) is 17.8. The van der Waals surface area contributed by atoms with Gasteiger partial charge in [0.05, 0.1) is 24.4 Å². The van der Waals surface area contributed by atoms with Crippen molar-refractivity contribution in [1.82, 2.24) is 0 Å². The molecule has 2 aliphatic heterocycles. The third-order valence-corrected chi connectivity index (χ3v) is 19.7. The van der Waals surface area contributed by atoms with Gasteiger partial charge in [0.1, 0.15) is 0 Å². The third-order valence-electron chi connectivity index (χ3n) is 8.56. The lowest BCUT2D eigenvalue weighted by atomic mass is 10.00. The lowest BCUT2D eigenvalue weighted by Crippen LogP contribution is -2.55. The van der Waals surface area contributed by atoms with Gasteiger partial charge in [-0.3, -0.25) is 0 Å². The van der Waals surface area contributed by atoms with Gasteiger partial charge in [0, 0.05) is 0 Å². The molecule has 0 N–H and O–H groups in total. The number of rotatable bonds is 14. The highest BCUT2D eigenvalue weighted by atomic mass is 28.4. The second kappa shape index (κ2) is 8.69. The minimum absolute atomic E-state index is 0.204. The van der Waals surface area contributed by atoms with E-state index in [0.29, 0.717) is 10.1 Å². The quantitative estimate of drug-likeness (QED) is 0.157. The van der Waals surface area contributed by atoms with Gasteiger partial charge in [0.15, 0.2) is 16.6 Å². The van der Waals surface area contributed by atoms with Gasteiger partial charge in [0.25, 0.3) is 0 Å². The molecule has 2 aliphatic rings. The van der Waals surface area contributed by atoms with Crippen LogP contribution in [0.2, 0.25) is 36.3 Å². The monoisotopic (exact) mass is 442 g/mol. The Labute approximate surface area is 183 Å². The van der Waals surface area contributed by atoms with Crippen LogP contribution < -0.4 is 0 Å². The van der Waals surface area contributed by atoms with Crippen LogP contribution >= 0.6 is 0 Å². The second-order valence-electron chi connectivity index (χ2n) is 12.8. The van der Waals surface area contributed by atoms with Crippen molar-refractivity contribution in [2.75, 3.05) is 13.2 Å². The van der Waals surface area contributed by atoms with E-state index >= 15 is 0 Å². The van der Waals surface area contributed by atoms with E-state index in [1.807, 2.05) is 0 Å². The van der Waals surface area contributed by atoms with Crippen LogP contribution in [0.5, 0.6) is 0 Å². The van der Waals surface area contributed by atoms with E-state index in [0.717, 1.165) is 13.2 Å². The van der Waals surface area contributed by atoms with Crippen molar-refractivity contribution in [3.05, 3.63) is 0 Å². The predicted octanol–water partition coefficient (Wildman–Crippen LogP) is 7.67. The average molecular weight is 443 g/mol. The molecule has 0 amide bonds. The largest absolute Gasteiger partial charge is 0.455 e. The molecule has 2 saturated heterocycles. The molecule has 0 spiro atoms. The Bertz CT molecular complexity index is 498. The lowest BCUT2D eigenvalue weighted by Gasteiger charge is -2.49. The number of hydrogen-bond acceptors (Lipinski definition) is 3. The molecule has 2 rings (SSSR count). The van der Waals surface area contributed by atoms with E-state index in [1.165, 1.54) is 51.4 Å². The van der Waals surface area contributed by atoms with Crippen LogP contribution in [0.1, 0.15) is 92.9 Å². The molecular weight excluding hydrogens is 392 g/mol. The molecule has 0 aliphatic carbocycles. The summed E-state index contributed by atoms with van der Waals surface area (Å²) >= 11 is 0. The van der Waals surface area contributed by atoms with Crippen LogP contribution in [0.3, 0.4) is 0 Å². The van der Waals surface area contributed by atoms with E-state index in [1.54, 1.807) is 0 Å². The van der Waals surface area contributed by atoms with E-state index in [4.69, 9.17) is 13.6 Å². The Kier molecular flexibility index (Phi) is 7.66. The van der Waals surface area contributed by atoms with Crippen LogP contribution in [0.25, 0.3) is 0 Å². The summed E-state index contributed by atoms with van der Waals surface area (Å²) in [7, 11) is -3.63. The minimum Gasteiger partial charge on any atom is -0.455 e. The van der Waals surface area contributed by atoms with Crippen molar-refractivity contribution < 1.29 is 13.6 Å². The van der Waals surface area contributed by atoms with Crippen molar-refractivity contribution >= 4 is 16.6 Å². The zero-order chi connectivity index (χ0) is 22.2. The Morgan fingerprint density at radius 1 is 0.690 bits per heavy atom. The summed E-state index contributed by atoms with van der Waals surface area (Å²) in [6, 6.07) is 0. The normalized spacial score (nSPS) is 27.9. The Balaban J connectivity index is 1.83. The first-order chi connectivity index (χ1) is 13.0. The van der Waals surface area contributed by atoms with Gasteiger partial charge >= 0.3 is 0 Å². The van der Waals surface area contributed by atoms with E-state index in [9.17, 15) is 0 Å². The number of hydrogen-bond donors (Lipinski definition) is 0. The summed E-state index contributed by atoms with van der Waals surface area (Å²) in [4.78, 5) is 0.